The molecule has 0 aliphatic carbocycles. The maximum absolute atomic E-state index is 5.87. The van der Waals surface area contributed by atoms with Crippen LogP contribution in [-0.4, -0.2) is 30.6 Å². The standard InChI is InChI=1S/C11H14ClN5O/c1-4-17-6-5-13-9(17)8-14-10(12)16-11(15-8)18-7(2)3/h5-7H,4H2,1-3H3. The lowest BCUT2D eigenvalue weighted by atomic mass is 10.5. The third-order valence-electron chi connectivity index (χ3n) is 2.18. The number of rotatable bonds is 4. The quantitative estimate of drug-likeness (QED) is 0.850. The molecule has 0 saturated carbocycles. The van der Waals surface area contributed by atoms with Crippen molar-refractivity contribution >= 4 is 11.6 Å². The lowest BCUT2D eigenvalue weighted by Crippen LogP contribution is -2.10. The van der Waals surface area contributed by atoms with E-state index in [2.05, 4.69) is 19.9 Å². The SMILES string of the molecule is CCn1ccnc1-c1nc(Cl)nc(OC(C)C)n1. The summed E-state index contributed by atoms with van der Waals surface area (Å²) >= 11 is 5.87. The molecule has 0 aliphatic rings. The van der Waals surface area contributed by atoms with Gasteiger partial charge in [0.2, 0.25) is 11.1 Å². The fourth-order valence-corrected chi connectivity index (χ4v) is 1.62. The lowest BCUT2D eigenvalue weighted by molar-refractivity contribution is 0.221. The van der Waals surface area contributed by atoms with E-state index in [4.69, 9.17) is 16.3 Å². The topological polar surface area (TPSA) is 65.7 Å². The summed E-state index contributed by atoms with van der Waals surface area (Å²) in [6, 6.07) is 0.214. The fourth-order valence-electron chi connectivity index (χ4n) is 1.47. The Morgan fingerprint density at radius 3 is 2.78 bits per heavy atom. The van der Waals surface area contributed by atoms with E-state index in [0.717, 1.165) is 6.54 Å². The van der Waals surface area contributed by atoms with Gasteiger partial charge in [0.05, 0.1) is 6.10 Å². The maximum Gasteiger partial charge on any atom is 0.321 e. The van der Waals surface area contributed by atoms with Crippen molar-refractivity contribution in [1.82, 2.24) is 24.5 Å². The highest BCUT2D eigenvalue weighted by molar-refractivity contribution is 6.28. The molecular weight excluding hydrogens is 254 g/mol. The van der Waals surface area contributed by atoms with Crippen LogP contribution in [0.3, 0.4) is 0 Å². The molecule has 0 fully saturated rings. The van der Waals surface area contributed by atoms with Crippen molar-refractivity contribution in [2.75, 3.05) is 0 Å². The third kappa shape index (κ3) is 2.76. The number of ether oxygens (including phenoxy) is 1. The number of imidazole rings is 1. The number of aromatic nitrogens is 5. The van der Waals surface area contributed by atoms with Gasteiger partial charge < -0.3 is 9.30 Å². The predicted molar refractivity (Wildman–Crippen MR) is 67.5 cm³/mol. The van der Waals surface area contributed by atoms with Crippen LogP contribution in [0.4, 0.5) is 0 Å². The number of hydrogen-bond acceptors (Lipinski definition) is 5. The first-order valence-electron chi connectivity index (χ1n) is 5.70. The average Bonchev–Trinajstić information content (AvgIpc) is 2.75. The molecule has 0 unspecified atom stereocenters. The first kappa shape index (κ1) is 12.8. The monoisotopic (exact) mass is 267 g/mol. The Kier molecular flexibility index (Phi) is 3.76. The molecule has 2 heterocycles. The van der Waals surface area contributed by atoms with Gasteiger partial charge in [-0.2, -0.15) is 15.0 Å². The molecule has 2 rings (SSSR count). The molecule has 0 atom stereocenters. The van der Waals surface area contributed by atoms with Crippen LogP contribution in [0.15, 0.2) is 12.4 Å². The molecule has 0 radical (unpaired) electrons. The van der Waals surface area contributed by atoms with Gasteiger partial charge in [-0.1, -0.05) is 0 Å². The second kappa shape index (κ2) is 5.30. The zero-order valence-electron chi connectivity index (χ0n) is 10.5. The molecule has 0 bridgehead atoms. The van der Waals surface area contributed by atoms with Crippen molar-refractivity contribution in [3.8, 4) is 17.7 Å². The minimum absolute atomic E-state index is 0.0257. The van der Waals surface area contributed by atoms with Gasteiger partial charge in [0, 0.05) is 18.9 Å². The summed E-state index contributed by atoms with van der Waals surface area (Å²) in [4.78, 5) is 16.4. The van der Waals surface area contributed by atoms with E-state index >= 15 is 0 Å². The number of nitrogens with zero attached hydrogens (tertiary/aromatic N) is 5. The Bertz CT molecular complexity index is 540. The molecular formula is C11H14ClN5O. The van der Waals surface area contributed by atoms with E-state index in [0.29, 0.717) is 11.6 Å². The zero-order chi connectivity index (χ0) is 13.1. The van der Waals surface area contributed by atoms with E-state index < -0.39 is 0 Å². The second-order valence-corrected chi connectivity index (χ2v) is 4.25. The van der Waals surface area contributed by atoms with Gasteiger partial charge >= 0.3 is 6.01 Å². The summed E-state index contributed by atoms with van der Waals surface area (Å²) in [6.45, 7) is 6.58. The number of aryl methyl sites for hydroxylation is 1. The number of halogens is 1. The summed E-state index contributed by atoms with van der Waals surface area (Å²) in [5, 5.41) is 0.0984. The van der Waals surface area contributed by atoms with Gasteiger partial charge in [0.25, 0.3) is 0 Å². The van der Waals surface area contributed by atoms with E-state index in [1.807, 2.05) is 31.5 Å². The molecule has 2 aromatic rings. The summed E-state index contributed by atoms with van der Waals surface area (Å²) in [6.07, 6.45) is 3.53. The Labute approximate surface area is 110 Å². The molecule has 0 N–H and O–H groups in total. The van der Waals surface area contributed by atoms with Gasteiger partial charge in [-0.15, -0.1) is 0 Å². The van der Waals surface area contributed by atoms with Crippen molar-refractivity contribution in [2.24, 2.45) is 0 Å². The Morgan fingerprint density at radius 1 is 1.33 bits per heavy atom. The van der Waals surface area contributed by atoms with Gasteiger partial charge in [0.15, 0.2) is 5.82 Å². The number of hydrogen-bond donors (Lipinski definition) is 0. The van der Waals surface area contributed by atoms with Gasteiger partial charge in [0.1, 0.15) is 0 Å². The summed E-state index contributed by atoms with van der Waals surface area (Å²) in [7, 11) is 0. The Hall–Kier alpha value is -1.69. The molecule has 7 heteroatoms. The van der Waals surface area contributed by atoms with Gasteiger partial charge in [-0.25, -0.2) is 4.98 Å². The summed E-state index contributed by atoms with van der Waals surface area (Å²) in [5.74, 6) is 1.06. The Morgan fingerprint density at radius 2 is 2.11 bits per heavy atom. The maximum atomic E-state index is 5.87. The molecule has 18 heavy (non-hydrogen) atoms. The van der Waals surface area contributed by atoms with Gasteiger partial charge in [-0.3, -0.25) is 0 Å². The van der Waals surface area contributed by atoms with Crippen molar-refractivity contribution in [3.05, 3.63) is 17.7 Å². The molecule has 0 aromatic carbocycles. The highest BCUT2D eigenvalue weighted by Crippen LogP contribution is 2.18. The minimum Gasteiger partial charge on any atom is -0.461 e. The molecule has 0 spiro atoms. The zero-order valence-corrected chi connectivity index (χ0v) is 11.2. The van der Waals surface area contributed by atoms with E-state index in [1.165, 1.54) is 0 Å². The van der Waals surface area contributed by atoms with Crippen LogP contribution in [0.1, 0.15) is 20.8 Å². The van der Waals surface area contributed by atoms with Crippen LogP contribution in [0.2, 0.25) is 5.28 Å². The molecule has 96 valence electrons. The molecule has 0 aliphatic heterocycles. The molecule has 0 saturated heterocycles. The summed E-state index contributed by atoms with van der Waals surface area (Å²) in [5.41, 5.74) is 0. The smallest absolute Gasteiger partial charge is 0.321 e. The second-order valence-electron chi connectivity index (χ2n) is 3.91. The van der Waals surface area contributed by atoms with E-state index in [1.54, 1.807) is 6.20 Å². The van der Waals surface area contributed by atoms with Crippen molar-refractivity contribution in [3.63, 3.8) is 0 Å². The fraction of sp³-hybridized carbons (Fsp3) is 0.455. The van der Waals surface area contributed by atoms with Crippen LogP contribution < -0.4 is 4.74 Å². The van der Waals surface area contributed by atoms with Crippen LogP contribution >= 0.6 is 11.6 Å². The van der Waals surface area contributed by atoms with Gasteiger partial charge in [-0.05, 0) is 32.4 Å². The lowest BCUT2D eigenvalue weighted by Gasteiger charge is -2.09. The molecule has 6 nitrogen and oxygen atoms in total. The van der Waals surface area contributed by atoms with Crippen LogP contribution in [-0.2, 0) is 6.54 Å². The summed E-state index contributed by atoms with van der Waals surface area (Å²) < 4.78 is 7.34. The predicted octanol–water partition coefficient (Wildman–Crippen LogP) is 2.20. The minimum atomic E-state index is -0.0257. The van der Waals surface area contributed by atoms with E-state index in [9.17, 15) is 0 Å². The first-order chi connectivity index (χ1) is 8.60. The van der Waals surface area contributed by atoms with Crippen molar-refractivity contribution in [2.45, 2.75) is 33.4 Å². The molecule has 2 aromatic heterocycles. The first-order valence-corrected chi connectivity index (χ1v) is 6.07. The Balaban J connectivity index is 2.42. The normalized spacial score (nSPS) is 10.9. The van der Waals surface area contributed by atoms with Crippen molar-refractivity contribution in [1.29, 1.82) is 0 Å². The largest absolute Gasteiger partial charge is 0.461 e. The highest BCUT2D eigenvalue weighted by atomic mass is 35.5. The van der Waals surface area contributed by atoms with Crippen LogP contribution in [0.25, 0.3) is 11.6 Å². The van der Waals surface area contributed by atoms with Crippen molar-refractivity contribution < 1.29 is 4.74 Å². The van der Waals surface area contributed by atoms with Crippen LogP contribution in [0.5, 0.6) is 6.01 Å². The van der Waals surface area contributed by atoms with E-state index in [-0.39, 0.29) is 17.4 Å². The highest BCUT2D eigenvalue weighted by Gasteiger charge is 2.13. The molecule has 0 amide bonds. The third-order valence-corrected chi connectivity index (χ3v) is 2.35. The van der Waals surface area contributed by atoms with Crippen LogP contribution in [0, 0.1) is 0 Å². The average molecular weight is 268 g/mol.